The summed E-state index contributed by atoms with van der Waals surface area (Å²) >= 11 is 0. The lowest BCUT2D eigenvalue weighted by Gasteiger charge is -2.14. The highest BCUT2D eigenvalue weighted by atomic mass is 127. The highest BCUT2D eigenvalue weighted by Gasteiger charge is 2.27. The zero-order valence-corrected chi connectivity index (χ0v) is 17.7. The summed E-state index contributed by atoms with van der Waals surface area (Å²) < 4.78 is 40.7. The first-order chi connectivity index (χ1) is 11.8. The fraction of sp³-hybridized carbons (Fsp3) is 0.588. The number of nitrogens with one attached hydrogen (secondary N) is 2. The number of rotatable bonds is 9. The maximum Gasteiger partial charge on any atom is 0.411 e. The quantitative estimate of drug-likeness (QED) is 0.243. The van der Waals surface area contributed by atoms with E-state index in [9.17, 15) is 13.2 Å². The van der Waals surface area contributed by atoms with E-state index in [-0.39, 0.29) is 30.6 Å². The molecule has 1 aromatic rings. The van der Waals surface area contributed by atoms with Crippen molar-refractivity contribution in [3.05, 3.63) is 35.4 Å². The van der Waals surface area contributed by atoms with Gasteiger partial charge in [0.2, 0.25) is 0 Å². The lowest BCUT2D eigenvalue weighted by Crippen LogP contribution is -2.38. The van der Waals surface area contributed by atoms with E-state index in [4.69, 9.17) is 0 Å². The number of halogens is 4. The van der Waals surface area contributed by atoms with E-state index in [2.05, 4.69) is 25.3 Å². The molecule has 1 rings (SSSR count). The van der Waals surface area contributed by atoms with Crippen LogP contribution in [0, 0.1) is 0 Å². The molecule has 0 fully saturated rings. The number of ether oxygens (including phenoxy) is 1. The molecule has 26 heavy (non-hydrogen) atoms. The number of aliphatic imine (C=N–C) groups is 1. The maximum absolute atomic E-state index is 12.0. The SMILES string of the molecule is CN=C(NCCCN(C)C)NCc1ccc(COCC(F)(F)F)cc1.I. The molecule has 0 heterocycles. The summed E-state index contributed by atoms with van der Waals surface area (Å²) in [6.07, 6.45) is -3.28. The van der Waals surface area contributed by atoms with Crippen LogP contribution in [-0.4, -0.2) is 57.9 Å². The third kappa shape index (κ3) is 12.3. The third-order valence-corrected chi connectivity index (χ3v) is 3.32. The fourth-order valence-corrected chi connectivity index (χ4v) is 2.05. The van der Waals surface area contributed by atoms with E-state index in [1.165, 1.54) is 0 Å². The minimum Gasteiger partial charge on any atom is -0.367 e. The van der Waals surface area contributed by atoms with Crippen molar-refractivity contribution in [1.29, 1.82) is 0 Å². The summed E-state index contributed by atoms with van der Waals surface area (Å²) in [5, 5.41) is 6.44. The molecule has 0 radical (unpaired) electrons. The Morgan fingerprint density at radius 2 is 1.73 bits per heavy atom. The average Bonchev–Trinajstić information content (AvgIpc) is 2.54. The van der Waals surface area contributed by atoms with Gasteiger partial charge in [-0.1, -0.05) is 24.3 Å². The Morgan fingerprint density at radius 1 is 1.12 bits per heavy atom. The molecular weight excluding hydrogens is 460 g/mol. The Labute approximate surface area is 170 Å². The smallest absolute Gasteiger partial charge is 0.367 e. The summed E-state index contributed by atoms with van der Waals surface area (Å²) in [6.45, 7) is 1.13. The number of benzene rings is 1. The van der Waals surface area contributed by atoms with Crippen molar-refractivity contribution < 1.29 is 17.9 Å². The first-order valence-electron chi connectivity index (χ1n) is 8.11. The second-order valence-corrected chi connectivity index (χ2v) is 5.93. The number of guanidine groups is 1. The maximum atomic E-state index is 12.0. The Hall–Kier alpha value is -1.07. The predicted molar refractivity (Wildman–Crippen MR) is 109 cm³/mol. The van der Waals surface area contributed by atoms with E-state index < -0.39 is 12.8 Å². The highest BCUT2D eigenvalue weighted by Crippen LogP contribution is 2.15. The molecule has 0 saturated heterocycles. The Morgan fingerprint density at radius 3 is 2.27 bits per heavy atom. The zero-order valence-electron chi connectivity index (χ0n) is 15.4. The first-order valence-corrected chi connectivity index (χ1v) is 8.11. The van der Waals surface area contributed by atoms with Crippen molar-refractivity contribution in [2.45, 2.75) is 25.7 Å². The topological polar surface area (TPSA) is 48.9 Å². The molecule has 1 aromatic carbocycles. The lowest BCUT2D eigenvalue weighted by atomic mass is 10.1. The molecule has 150 valence electrons. The molecule has 0 spiro atoms. The number of nitrogens with zero attached hydrogens (tertiary/aromatic N) is 2. The minimum absolute atomic E-state index is 0. The number of hydrogen-bond donors (Lipinski definition) is 2. The van der Waals surface area contributed by atoms with Crippen LogP contribution in [0.5, 0.6) is 0 Å². The molecule has 5 nitrogen and oxygen atoms in total. The van der Waals surface area contributed by atoms with Gasteiger partial charge in [0.15, 0.2) is 5.96 Å². The van der Waals surface area contributed by atoms with Gasteiger partial charge in [0, 0.05) is 20.1 Å². The summed E-state index contributed by atoms with van der Waals surface area (Å²) in [6, 6.07) is 7.25. The van der Waals surface area contributed by atoms with Gasteiger partial charge in [-0.25, -0.2) is 0 Å². The van der Waals surface area contributed by atoms with E-state index in [0.29, 0.717) is 12.1 Å². The Bertz CT molecular complexity index is 522. The van der Waals surface area contributed by atoms with Crippen molar-refractivity contribution in [2.24, 2.45) is 4.99 Å². The van der Waals surface area contributed by atoms with E-state index >= 15 is 0 Å². The normalized spacial score (nSPS) is 12.0. The van der Waals surface area contributed by atoms with Crippen LogP contribution in [-0.2, 0) is 17.9 Å². The molecule has 0 amide bonds. The van der Waals surface area contributed by atoms with Crippen LogP contribution in [0.25, 0.3) is 0 Å². The molecule has 0 unspecified atom stereocenters. The van der Waals surface area contributed by atoms with Crippen LogP contribution in [0.15, 0.2) is 29.3 Å². The Balaban J connectivity index is 0.00000625. The van der Waals surface area contributed by atoms with Crippen molar-refractivity contribution >= 4 is 29.9 Å². The van der Waals surface area contributed by atoms with Gasteiger partial charge >= 0.3 is 6.18 Å². The number of alkyl halides is 3. The van der Waals surface area contributed by atoms with Crippen LogP contribution in [0.3, 0.4) is 0 Å². The van der Waals surface area contributed by atoms with E-state index in [0.717, 1.165) is 31.0 Å². The van der Waals surface area contributed by atoms with Gasteiger partial charge in [0.1, 0.15) is 6.61 Å². The molecular formula is C17H28F3IN4O. The predicted octanol–water partition coefficient (Wildman–Crippen LogP) is 3.00. The van der Waals surface area contributed by atoms with Crippen molar-refractivity contribution in [3.8, 4) is 0 Å². The molecule has 0 aliphatic rings. The molecule has 0 bridgehead atoms. The van der Waals surface area contributed by atoms with Crippen LogP contribution in [0.4, 0.5) is 13.2 Å². The van der Waals surface area contributed by atoms with E-state index in [1.807, 2.05) is 26.2 Å². The average molecular weight is 488 g/mol. The van der Waals surface area contributed by atoms with Crippen molar-refractivity contribution in [1.82, 2.24) is 15.5 Å². The second-order valence-electron chi connectivity index (χ2n) is 5.93. The summed E-state index contributed by atoms with van der Waals surface area (Å²) in [5.74, 6) is 0.719. The second kappa shape index (κ2) is 13.2. The molecule has 0 atom stereocenters. The zero-order chi connectivity index (χ0) is 18.7. The van der Waals surface area contributed by atoms with Gasteiger partial charge in [0.25, 0.3) is 0 Å². The molecule has 9 heteroatoms. The van der Waals surface area contributed by atoms with Crippen LogP contribution in [0.1, 0.15) is 17.5 Å². The number of hydrogen-bond acceptors (Lipinski definition) is 3. The van der Waals surface area contributed by atoms with Crippen LogP contribution >= 0.6 is 24.0 Å². The lowest BCUT2D eigenvalue weighted by molar-refractivity contribution is -0.176. The minimum atomic E-state index is -4.29. The van der Waals surface area contributed by atoms with Crippen molar-refractivity contribution in [3.63, 3.8) is 0 Å². The molecule has 0 aromatic heterocycles. The van der Waals surface area contributed by atoms with Gasteiger partial charge in [-0.15, -0.1) is 24.0 Å². The summed E-state index contributed by atoms with van der Waals surface area (Å²) in [7, 11) is 5.78. The third-order valence-electron chi connectivity index (χ3n) is 3.32. The highest BCUT2D eigenvalue weighted by molar-refractivity contribution is 14.0. The first kappa shape index (κ1) is 24.9. The van der Waals surface area contributed by atoms with Gasteiger partial charge in [-0.05, 0) is 38.2 Å². The van der Waals surface area contributed by atoms with Crippen LogP contribution < -0.4 is 10.6 Å². The summed E-state index contributed by atoms with van der Waals surface area (Å²) in [4.78, 5) is 6.28. The molecule has 2 N–H and O–H groups in total. The molecule has 0 saturated carbocycles. The van der Waals surface area contributed by atoms with Crippen LogP contribution in [0.2, 0.25) is 0 Å². The largest absolute Gasteiger partial charge is 0.411 e. The monoisotopic (exact) mass is 488 g/mol. The fourth-order valence-electron chi connectivity index (χ4n) is 2.05. The Kier molecular flexibility index (Phi) is 12.6. The van der Waals surface area contributed by atoms with Gasteiger partial charge in [-0.2, -0.15) is 13.2 Å². The van der Waals surface area contributed by atoms with E-state index in [1.54, 1.807) is 19.2 Å². The van der Waals surface area contributed by atoms with Gasteiger partial charge in [0.05, 0.1) is 6.61 Å². The summed E-state index contributed by atoms with van der Waals surface area (Å²) in [5.41, 5.74) is 1.72. The van der Waals surface area contributed by atoms with Gasteiger partial charge in [-0.3, -0.25) is 4.99 Å². The van der Waals surface area contributed by atoms with Gasteiger partial charge < -0.3 is 20.3 Å². The molecule has 0 aliphatic heterocycles. The van der Waals surface area contributed by atoms with Crippen molar-refractivity contribution in [2.75, 3.05) is 40.8 Å². The molecule has 0 aliphatic carbocycles. The standard InChI is InChI=1S/C17H27F3N4O.HI/c1-21-16(22-9-4-10-24(2)3)23-11-14-5-7-15(8-6-14)12-25-13-17(18,19)20;/h5-8H,4,9-13H2,1-3H3,(H2,21,22,23);1H.